The molecule has 2 aliphatic carbocycles. The van der Waals surface area contributed by atoms with E-state index in [1.807, 2.05) is 24.3 Å². The van der Waals surface area contributed by atoms with E-state index in [4.69, 9.17) is 0 Å². The highest BCUT2D eigenvalue weighted by Gasteiger charge is 2.45. The number of halogens is 3. The Bertz CT molecular complexity index is 873. The maximum absolute atomic E-state index is 13.2. The van der Waals surface area contributed by atoms with Crippen molar-refractivity contribution >= 4 is 36.3 Å². The molecule has 1 saturated heterocycles. The van der Waals surface area contributed by atoms with Gasteiger partial charge in [0.05, 0.1) is 0 Å². The summed E-state index contributed by atoms with van der Waals surface area (Å²) >= 11 is 0. The number of Topliss-reactive ketones (excluding diaryl/α,β-unsaturated/α-hetero) is 1. The molecular weight excluding hydrogens is 422 g/mol. The van der Waals surface area contributed by atoms with Crippen LogP contribution in [0.25, 0.3) is 0 Å². The quantitative estimate of drug-likeness (QED) is 0.623. The van der Waals surface area contributed by atoms with Crippen molar-refractivity contribution in [2.24, 2.45) is 0 Å². The molecule has 1 aliphatic heterocycles. The number of carbonyl (C=O) groups is 1. The summed E-state index contributed by atoms with van der Waals surface area (Å²) in [5.74, 6) is 0.160. The van der Waals surface area contributed by atoms with Gasteiger partial charge in [0.25, 0.3) is 0 Å². The number of ketones is 1. The Morgan fingerprint density at radius 3 is 2.17 bits per heavy atom. The Labute approximate surface area is 190 Å². The Hall–Kier alpha value is -1.62. The number of hydrogen-bond donors (Lipinski definition) is 0. The van der Waals surface area contributed by atoms with Crippen LogP contribution in [0.1, 0.15) is 48.0 Å². The van der Waals surface area contributed by atoms with E-state index < -0.39 is 0 Å². The lowest BCUT2D eigenvalue weighted by Gasteiger charge is -2.45. The zero-order valence-electron chi connectivity index (χ0n) is 17.1. The summed E-state index contributed by atoms with van der Waals surface area (Å²) in [6, 6.07) is 15.7. The molecule has 0 amide bonds. The fourth-order valence-electron chi connectivity index (χ4n) is 5.65. The monoisotopic (exact) mass is 450 g/mol. The number of piperazine rings is 1. The molecule has 1 heterocycles. The zero-order chi connectivity index (χ0) is 19.1. The van der Waals surface area contributed by atoms with Gasteiger partial charge in [-0.15, -0.1) is 24.8 Å². The average molecular weight is 451 g/mol. The van der Waals surface area contributed by atoms with Gasteiger partial charge >= 0.3 is 0 Å². The highest BCUT2D eigenvalue weighted by molar-refractivity contribution is 6.02. The van der Waals surface area contributed by atoms with Gasteiger partial charge in [-0.25, -0.2) is 4.39 Å². The normalized spacial score (nSPS) is 26.1. The third-order valence-electron chi connectivity index (χ3n) is 7.23. The lowest BCUT2D eigenvalue weighted by Crippen LogP contribution is -2.52. The summed E-state index contributed by atoms with van der Waals surface area (Å²) in [6.45, 7) is 4.11. The van der Waals surface area contributed by atoms with Crippen molar-refractivity contribution in [2.45, 2.75) is 43.6 Å². The maximum Gasteiger partial charge on any atom is 0.164 e. The molecule has 3 aliphatic rings. The van der Waals surface area contributed by atoms with Crippen LogP contribution in [0.4, 0.5) is 10.1 Å². The van der Waals surface area contributed by atoms with Gasteiger partial charge in [0.15, 0.2) is 5.78 Å². The summed E-state index contributed by atoms with van der Waals surface area (Å²) in [5.41, 5.74) is 3.48. The van der Waals surface area contributed by atoms with Gasteiger partial charge in [0.2, 0.25) is 0 Å². The van der Waals surface area contributed by atoms with Crippen LogP contribution < -0.4 is 4.90 Å². The van der Waals surface area contributed by atoms with Crippen molar-refractivity contribution in [1.29, 1.82) is 0 Å². The summed E-state index contributed by atoms with van der Waals surface area (Å²) in [6.07, 6.45) is 5.31. The van der Waals surface area contributed by atoms with Gasteiger partial charge < -0.3 is 4.90 Å². The van der Waals surface area contributed by atoms with E-state index in [9.17, 15) is 9.18 Å². The highest BCUT2D eigenvalue weighted by atomic mass is 35.5. The number of benzene rings is 2. The van der Waals surface area contributed by atoms with E-state index in [1.54, 1.807) is 12.1 Å². The fourth-order valence-corrected chi connectivity index (χ4v) is 5.65. The van der Waals surface area contributed by atoms with E-state index >= 15 is 0 Å². The van der Waals surface area contributed by atoms with Crippen molar-refractivity contribution < 1.29 is 9.18 Å². The van der Waals surface area contributed by atoms with Gasteiger partial charge in [-0.3, -0.25) is 9.69 Å². The molecule has 2 aromatic carbocycles. The first-order valence-corrected chi connectivity index (χ1v) is 10.5. The summed E-state index contributed by atoms with van der Waals surface area (Å²) < 4.78 is 13.2. The largest absolute Gasteiger partial charge is 0.369 e. The van der Waals surface area contributed by atoms with Crippen LogP contribution in [-0.4, -0.2) is 42.9 Å². The number of rotatable bonds is 2. The van der Waals surface area contributed by atoms with Gasteiger partial charge in [-0.05, 0) is 55.5 Å². The van der Waals surface area contributed by atoms with E-state index in [1.165, 1.54) is 18.4 Å². The molecule has 1 spiro atoms. The zero-order valence-corrected chi connectivity index (χ0v) is 18.7. The first-order chi connectivity index (χ1) is 13.6. The van der Waals surface area contributed by atoms with Crippen molar-refractivity contribution in [3.05, 3.63) is 65.5 Å². The van der Waals surface area contributed by atoms with Crippen LogP contribution in [0.5, 0.6) is 0 Å². The van der Waals surface area contributed by atoms with E-state index in [0.29, 0.717) is 18.2 Å². The van der Waals surface area contributed by atoms with Crippen LogP contribution in [0, 0.1) is 5.82 Å². The topological polar surface area (TPSA) is 23.6 Å². The number of fused-ring (bicyclic) bond motifs is 2. The molecule has 30 heavy (non-hydrogen) atoms. The predicted octanol–water partition coefficient (Wildman–Crippen LogP) is 5.26. The SMILES string of the molecule is Cl.Cl.O=C1C[C@]2(CC[C@@H](N3CCN(c4ccc(F)cc4)CC3)CC2)c2ccccc21. The lowest BCUT2D eigenvalue weighted by atomic mass is 9.68. The highest BCUT2D eigenvalue weighted by Crippen LogP contribution is 2.49. The molecule has 5 rings (SSSR count). The molecule has 1 saturated carbocycles. The van der Waals surface area contributed by atoms with Crippen LogP contribution in [0.3, 0.4) is 0 Å². The molecule has 2 aromatic rings. The van der Waals surface area contributed by atoms with Crippen molar-refractivity contribution in [3.63, 3.8) is 0 Å². The summed E-state index contributed by atoms with van der Waals surface area (Å²) in [5, 5.41) is 0. The lowest BCUT2D eigenvalue weighted by molar-refractivity contribution is 0.0908. The molecule has 0 aromatic heterocycles. The van der Waals surface area contributed by atoms with Gasteiger partial charge in [-0.1, -0.05) is 24.3 Å². The smallest absolute Gasteiger partial charge is 0.164 e. The van der Waals surface area contributed by atoms with Gasteiger partial charge in [0.1, 0.15) is 5.82 Å². The second kappa shape index (κ2) is 9.25. The molecule has 3 nitrogen and oxygen atoms in total. The summed E-state index contributed by atoms with van der Waals surface area (Å²) in [4.78, 5) is 17.5. The van der Waals surface area contributed by atoms with E-state index in [2.05, 4.69) is 21.9 Å². The van der Waals surface area contributed by atoms with E-state index in [-0.39, 0.29) is 36.0 Å². The minimum Gasteiger partial charge on any atom is -0.369 e. The molecule has 0 bridgehead atoms. The molecule has 162 valence electrons. The molecular formula is C24H29Cl2FN2O. The Morgan fingerprint density at radius 2 is 1.50 bits per heavy atom. The molecule has 0 unspecified atom stereocenters. The maximum atomic E-state index is 13.2. The Morgan fingerprint density at radius 1 is 0.867 bits per heavy atom. The molecule has 2 fully saturated rings. The minimum atomic E-state index is -0.175. The van der Waals surface area contributed by atoms with Gasteiger partial charge in [0, 0.05) is 55.3 Å². The fraction of sp³-hybridized carbons (Fsp3) is 0.458. The first-order valence-electron chi connectivity index (χ1n) is 10.5. The number of anilines is 1. The standard InChI is InChI=1S/C24H27FN2O.2ClH/c25-18-5-7-19(8-6-18)26-13-15-27(16-14-26)20-9-11-24(12-10-20)17-23(28)21-3-1-2-4-22(21)24;;/h1-8,20H,9-17H2;2*1H/t20-,24-;;. The van der Waals surface area contributed by atoms with Crippen molar-refractivity contribution in [3.8, 4) is 0 Å². The first kappa shape index (κ1) is 23.1. The second-order valence-electron chi connectivity index (χ2n) is 8.66. The van der Waals surface area contributed by atoms with Crippen molar-refractivity contribution in [2.75, 3.05) is 31.1 Å². The molecule has 0 radical (unpaired) electrons. The minimum absolute atomic E-state index is 0. The predicted molar refractivity (Wildman–Crippen MR) is 124 cm³/mol. The number of nitrogens with zero attached hydrogens (tertiary/aromatic N) is 2. The second-order valence-corrected chi connectivity index (χ2v) is 8.66. The van der Waals surface area contributed by atoms with Crippen LogP contribution in [-0.2, 0) is 5.41 Å². The van der Waals surface area contributed by atoms with Gasteiger partial charge in [-0.2, -0.15) is 0 Å². The van der Waals surface area contributed by atoms with Crippen LogP contribution in [0.15, 0.2) is 48.5 Å². The molecule has 0 N–H and O–H groups in total. The molecule has 6 heteroatoms. The summed E-state index contributed by atoms with van der Waals surface area (Å²) in [7, 11) is 0. The number of carbonyl (C=O) groups excluding carboxylic acids is 1. The van der Waals surface area contributed by atoms with Crippen molar-refractivity contribution in [1.82, 2.24) is 4.90 Å². The van der Waals surface area contributed by atoms with E-state index in [0.717, 1.165) is 50.3 Å². The average Bonchev–Trinajstić information content (AvgIpc) is 3.01. The molecule has 0 atom stereocenters. The Balaban J connectivity index is 0.00000128. The van der Waals surface area contributed by atoms with Crippen LogP contribution in [0.2, 0.25) is 0 Å². The Kier molecular flexibility index (Phi) is 7.11. The third kappa shape index (κ3) is 4.10. The number of hydrogen-bond acceptors (Lipinski definition) is 3. The third-order valence-corrected chi connectivity index (χ3v) is 7.23. The van der Waals surface area contributed by atoms with Crippen LogP contribution >= 0.6 is 24.8 Å².